The monoisotopic (exact) mass is 272 g/mol. The van der Waals surface area contributed by atoms with Gasteiger partial charge in [0.1, 0.15) is 11.3 Å². The van der Waals surface area contributed by atoms with Crippen molar-refractivity contribution in [2.45, 2.75) is 18.8 Å². The van der Waals surface area contributed by atoms with Crippen molar-refractivity contribution in [3.8, 4) is 0 Å². The lowest BCUT2D eigenvalue weighted by Crippen LogP contribution is -2.11. The summed E-state index contributed by atoms with van der Waals surface area (Å²) in [7, 11) is 0. The second kappa shape index (κ2) is 4.97. The molecule has 0 spiro atoms. The van der Waals surface area contributed by atoms with Gasteiger partial charge in [-0.25, -0.2) is 4.98 Å². The van der Waals surface area contributed by atoms with Gasteiger partial charge in [0.2, 0.25) is 0 Å². The van der Waals surface area contributed by atoms with Crippen LogP contribution in [0.1, 0.15) is 24.5 Å². The number of halogens is 1. The highest BCUT2D eigenvalue weighted by atomic mass is 35.5. The molecule has 3 aromatic heterocycles. The molecule has 5 heteroatoms. The SMILES string of the molecule is CC(c1ccccn1)n1c(CCl)nc2cnccc21. The van der Waals surface area contributed by atoms with E-state index in [0.29, 0.717) is 5.88 Å². The van der Waals surface area contributed by atoms with Crippen LogP contribution in [-0.2, 0) is 5.88 Å². The Morgan fingerprint density at radius 3 is 2.89 bits per heavy atom. The fourth-order valence-corrected chi connectivity index (χ4v) is 2.47. The van der Waals surface area contributed by atoms with Crippen LogP contribution < -0.4 is 0 Å². The van der Waals surface area contributed by atoms with Crippen molar-refractivity contribution in [2.75, 3.05) is 0 Å². The molecule has 1 atom stereocenters. The van der Waals surface area contributed by atoms with Crippen molar-refractivity contribution in [1.29, 1.82) is 0 Å². The second-order valence-electron chi connectivity index (χ2n) is 4.33. The summed E-state index contributed by atoms with van der Waals surface area (Å²) in [4.78, 5) is 13.0. The Morgan fingerprint density at radius 1 is 1.26 bits per heavy atom. The Labute approximate surface area is 116 Å². The fraction of sp³-hybridized carbons (Fsp3) is 0.214. The number of rotatable bonds is 3. The van der Waals surface area contributed by atoms with E-state index in [9.17, 15) is 0 Å². The van der Waals surface area contributed by atoms with Crippen LogP contribution >= 0.6 is 11.6 Å². The average molecular weight is 273 g/mol. The minimum Gasteiger partial charge on any atom is -0.318 e. The number of alkyl halides is 1. The van der Waals surface area contributed by atoms with E-state index in [2.05, 4.69) is 26.4 Å². The highest BCUT2D eigenvalue weighted by Crippen LogP contribution is 2.25. The number of pyridine rings is 2. The van der Waals surface area contributed by atoms with E-state index in [-0.39, 0.29) is 6.04 Å². The van der Waals surface area contributed by atoms with Crippen LogP contribution in [0.4, 0.5) is 0 Å². The van der Waals surface area contributed by atoms with Gasteiger partial charge in [-0.05, 0) is 25.1 Å². The number of aromatic nitrogens is 4. The van der Waals surface area contributed by atoms with Crippen molar-refractivity contribution >= 4 is 22.6 Å². The van der Waals surface area contributed by atoms with Crippen LogP contribution in [0.5, 0.6) is 0 Å². The number of fused-ring (bicyclic) bond motifs is 1. The third-order valence-corrected chi connectivity index (χ3v) is 3.43. The molecule has 0 saturated heterocycles. The maximum Gasteiger partial charge on any atom is 0.125 e. The predicted octanol–water partition coefficient (Wildman–Crippen LogP) is 3.17. The van der Waals surface area contributed by atoms with Crippen LogP contribution in [-0.4, -0.2) is 19.5 Å². The van der Waals surface area contributed by atoms with Crippen molar-refractivity contribution in [1.82, 2.24) is 19.5 Å². The van der Waals surface area contributed by atoms with E-state index in [1.807, 2.05) is 24.3 Å². The van der Waals surface area contributed by atoms with E-state index in [0.717, 1.165) is 22.6 Å². The largest absolute Gasteiger partial charge is 0.318 e. The van der Waals surface area contributed by atoms with Crippen molar-refractivity contribution < 1.29 is 0 Å². The number of hydrogen-bond acceptors (Lipinski definition) is 3. The first kappa shape index (κ1) is 12.1. The van der Waals surface area contributed by atoms with Crippen molar-refractivity contribution in [3.63, 3.8) is 0 Å². The van der Waals surface area contributed by atoms with Crippen LogP contribution in [0.15, 0.2) is 42.9 Å². The quantitative estimate of drug-likeness (QED) is 0.688. The molecule has 0 N–H and O–H groups in total. The molecule has 0 aliphatic carbocycles. The molecule has 3 heterocycles. The zero-order valence-electron chi connectivity index (χ0n) is 10.5. The summed E-state index contributed by atoms with van der Waals surface area (Å²) < 4.78 is 2.12. The molecule has 3 rings (SSSR count). The molecule has 0 bridgehead atoms. The molecule has 4 nitrogen and oxygen atoms in total. The van der Waals surface area contributed by atoms with Gasteiger partial charge in [-0.15, -0.1) is 11.6 Å². The first-order chi connectivity index (χ1) is 9.31. The van der Waals surface area contributed by atoms with E-state index in [1.54, 1.807) is 18.6 Å². The Morgan fingerprint density at radius 2 is 2.16 bits per heavy atom. The molecule has 0 radical (unpaired) electrons. The molecule has 96 valence electrons. The van der Waals surface area contributed by atoms with E-state index in [4.69, 9.17) is 11.6 Å². The van der Waals surface area contributed by atoms with Gasteiger partial charge in [-0.3, -0.25) is 9.97 Å². The molecule has 19 heavy (non-hydrogen) atoms. The molecular weight excluding hydrogens is 260 g/mol. The van der Waals surface area contributed by atoms with E-state index < -0.39 is 0 Å². The molecule has 0 amide bonds. The first-order valence-corrected chi connectivity index (χ1v) is 6.62. The summed E-state index contributed by atoms with van der Waals surface area (Å²) in [5, 5.41) is 0. The van der Waals surface area contributed by atoms with Gasteiger partial charge in [-0.2, -0.15) is 0 Å². The van der Waals surface area contributed by atoms with Gasteiger partial charge in [0.05, 0.1) is 29.3 Å². The topological polar surface area (TPSA) is 43.6 Å². The Hall–Kier alpha value is -1.94. The summed E-state index contributed by atoms with van der Waals surface area (Å²) in [5.41, 5.74) is 2.88. The molecule has 0 saturated carbocycles. The number of imidazole rings is 1. The van der Waals surface area contributed by atoms with Gasteiger partial charge in [0.25, 0.3) is 0 Å². The molecule has 0 aliphatic heterocycles. The first-order valence-electron chi connectivity index (χ1n) is 6.09. The van der Waals surface area contributed by atoms with Crippen LogP contribution in [0.25, 0.3) is 11.0 Å². The molecule has 3 aromatic rings. The smallest absolute Gasteiger partial charge is 0.125 e. The summed E-state index contributed by atoms with van der Waals surface area (Å²) in [5.74, 6) is 1.20. The summed E-state index contributed by atoms with van der Waals surface area (Å²) in [6, 6.07) is 7.95. The van der Waals surface area contributed by atoms with Gasteiger partial charge < -0.3 is 4.57 Å². The summed E-state index contributed by atoms with van der Waals surface area (Å²) >= 11 is 6.01. The minimum atomic E-state index is 0.0855. The van der Waals surface area contributed by atoms with Crippen LogP contribution in [0.3, 0.4) is 0 Å². The Balaban J connectivity index is 2.18. The lowest BCUT2D eigenvalue weighted by Gasteiger charge is -2.16. The Bertz CT molecular complexity index is 693. The fourth-order valence-electron chi connectivity index (χ4n) is 2.28. The normalized spacial score (nSPS) is 12.7. The van der Waals surface area contributed by atoms with Gasteiger partial charge in [0, 0.05) is 12.4 Å². The molecule has 0 aliphatic rings. The van der Waals surface area contributed by atoms with Gasteiger partial charge in [0.15, 0.2) is 0 Å². The second-order valence-corrected chi connectivity index (χ2v) is 4.59. The minimum absolute atomic E-state index is 0.0855. The zero-order valence-corrected chi connectivity index (χ0v) is 11.2. The number of nitrogens with zero attached hydrogens (tertiary/aromatic N) is 4. The van der Waals surface area contributed by atoms with E-state index >= 15 is 0 Å². The van der Waals surface area contributed by atoms with Gasteiger partial charge >= 0.3 is 0 Å². The highest BCUT2D eigenvalue weighted by molar-refractivity contribution is 6.16. The third kappa shape index (κ3) is 2.08. The lowest BCUT2D eigenvalue weighted by atomic mass is 10.2. The standard InChI is InChI=1S/C14H13ClN4/c1-10(11-4-2-3-6-17-11)19-13-5-7-16-9-12(13)18-14(19)8-15/h2-7,9-10H,8H2,1H3. The zero-order chi connectivity index (χ0) is 13.2. The molecule has 1 unspecified atom stereocenters. The third-order valence-electron chi connectivity index (χ3n) is 3.19. The maximum absolute atomic E-state index is 6.01. The van der Waals surface area contributed by atoms with Crippen LogP contribution in [0.2, 0.25) is 0 Å². The molecular formula is C14H13ClN4. The van der Waals surface area contributed by atoms with Crippen LogP contribution in [0, 0.1) is 0 Å². The summed E-state index contributed by atoms with van der Waals surface area (Å²) in [6.07, 6.45) is 5.32. The highest BCUT2D eigenvalue weighted by Gasteiger charge is 2.17. The molecule has 0 aromatic carbocycles. The van der Waals surface area contributed by atoms with Crippen molar-refractivity contribution in [2.24, 2.45) is 0 Å². The van der Waals surface area contributed by atoms with Gasteiger partial charge in [-0.1, -0.05) is 6.07 Å². The average Bonchev–Trinajstić information content (AvgIpc) is 2.86. The lowest BCUT2D eigenvalue weighted by molar-refractivity contribution is 0.616. The number of hydrogen-bond donors (Lipinski definition) is 0. The molecule has 0 fully saturated rings. The Kier molecular flexibility index (Phi) is 3.17. The van der Waals surface area contributed by atoms with E-state index in [1.165, 1.54) is 0 Å². The predicted molar refractivity (Wildman–Crippen MR) is 75.1 cm³/mol. The summed E-state index contributed by atoms with van der Waals surface area (Å²) in [6.45, 7) is 2.10. The van der Waals surface area contributed by atoms with Crippen molar-refractivity contribution in [3.05, 3.63) is 54.4 Å². The maximum atomic E-state index is 6.01.